The Bertz CT molecular complexity index is 728. The summed E-state index contributed by atoms with van der Waals surface area (Å²) in [6.07, 6.45) is 4.73. The summed E-state index contributed by atoms with van der Waals surface area (Å²) < 4.78 is 1.80. The normalized spacial score (nSPS) is 12.8. The first-order valence-electron chi connectivity index (χ1n) is 6.72. The van der Waals surface area contributed by atoms with E-state index in [0.717, 1.165) is 23.1 Å². The van der Waals surface area contributed by atoms with E-state index in [-0.39, 0.29) is 0 Å². The van der Waals surface area contributed by atoms with Crippen LogP contribution in [0.3, 0.4) is 0 Å². The van der Waals surface area contributed by atoms with Gasteiger partial charge in [-0.3, -0.25) is 4.68 Å². The monoisotopic (exact) mass is 286 g/mol. The highest BCUT2D eigenvalue weighted by Crippen LogP contribution is 2.23. The second-order valence-corrected chi connectivity index (χ2v) is 6.50. The van der Waals surface area contributed by atoms with Crippen LogP contribution in [-0.2, 0) is 13.5 Å². The third-order valence-electron chi connectivity index (χ3n) is 3.34. The number of aryl methyl sites for hydroxylation is 2. The largest absolute Gasteiger partial charge is 0.382 e. The number of fused-ring (bicyclic) bond motifs is 1. The van der Waals surface area contributed by atoms with Crippen molar-refractivity contribution < 1.29 is 0 Å². The summed E-state index contributed by atoms with van der Waals surface area (Å²) in [7, 11) is 1.91. The smallest absolute Gasteiger partial charge is 0.159 e. The summed E-state index contributed by atoms with van der Waals surface area (Å²) in [4.78, 5) is 7.14. The van der Waals surface area contributed by atoms with Crippen LogP contribution >= 0.6 is 11.3 Å². The molecule has 5 heteroatoms. The molecule has 0 amide bonds. The second kappa shape index (κ2) is 5.25. The molecule has 1 N–H and O–H groups in total. The SMILES string of the molecule is Cc1ccc(C[C@H](C)Nc2ccnc3c2cnn3C)s1. The van der Waals surface area contributed by atoms with Crippen molar-refractivity contribution in [1.82, 2.24) is 14.8 Å². The fourth-order valence-electron chi connectivity index (χ4n) is 2.39. The van der Waals surface area contributed by atoms with Gasteiger partial charge in [-0.25, -0.2) is 4.98 Å². The molecule has 0 aromatic carbocycles. The van der Waals surface area contributed by atoms with Gasteiger partial charge in [-0.2, -0.15) is 5.10 Å². The van der Waals surface area contributed by atoms with Crippen LogP contribution < -0.4 is 5.32 Å². The van der Waals surface area contributed by atoms with E-state index in [1.165, 1.54) is 9.75 Å². The van der Waals surface area contributed by atoms with E-state index in [1.807, 2.05) is 36.8 Å². The molecule has 3 aromatic rings. The highest BCUT2D eigenvalue weighted by atomic mass is 32.1. The molecule has 3 aromatic heterocycles. The number of anilines is 1. The number of nitrogens with zero attached hydrogens (tertiary/aromatic N) is 3. The zero-order valence-corrected chi connectivity index (χ0v) is 12.7. The van der Waals surface area contributed by atoms with E-state index < -0.39 is 0 Å². The first kappa shape index (κ1) is 13.1. The van der Waals surface area contributed by atoms with E-state index in [9.17, 15) is 0 Å². The number of thiophene rings is 1. The summed E-state index contributed by atoms with van der Waals surface area (Å²) in [5.41, 5.74) is 2.01. The molecule has 20 heavy (non-hydrogen) atoms. The average molecular weight is 286 g/mol. The summed E-state index contributed by atoms with van der Waals surface area (Å²) in [5.74, 6) is 0. The lowest BCUT2D eigenvalue weighted by molar-refractivity contribution is 0.786. The van der Waals surface area contributed by atoms with Crippen molar-refractivity contribution in [1.29, 1.82) is 0 Å². The van der Waals surface area contributed by atoms with Crippen molar-refractivity contribution in [2.45, 2.75) is 26.3 Å². The fraction of sp³-hybridized carbons (Fsp3) is 0.333. The molecule has 0 spiro atoms. The predicted octanol–water partition coefficient (Wildman–Crippen LogP) is 3.38. The van der Waals surface area contributed by atoms with Crippen molar-refractivity contribution in [3.05, 3.63) is 40.3 Å². The van der Waals surface area contributed by atoms with Crippen molar-refractivity contribution in [2.24, 2.45) is 7.05 Å². The number of aromatic nitrogens is 3. The lowest BCUT2D eigenvalue weighted by Gasteiger charge is -2.15. The third-order valence-corrected chi connectivity index (χ3v) is 4.36. The van der Waals surface area contributed by atoms with Gasteiger partial charge < -0.3 is 5.32 Å². The van der Waals surface area contributed by atoms with Gasteiger partial charge in [-0.15, -0.1) is 11.3 Å². The van der Waals surface area contributed by atoms with E-state index in [2.05, 4.69) is 41.4 Å². The number of rotatable bonds is 4. The zero-order chi connectivity index (χ0) is 14.1. The molecule has 0 aliphatic heterocycles. The Balaban J connectivity index is 1.78. The van der Waals surface area contributed by atoms with Gasteiger partial charge in [-0.05, 0) is 32.0 Å². The summed E-state index contributed by atoms with van der Waals surface area (Å²) in [6.45, 7) is 4.35. The van der Waals surface area contributed by atoms with Crippen molar-refractivity contribution in [3.8, 4) is 0 Å². The van der Waals surface area contributed by atoms with Crippen molar-refractivity contribution in [2.75, 3.05) is 5.32 Å². The van der Waals surface area contributed by atoms with Crippen molar-refractivity contribution >= 4 is 28.1 Å². The molecule has 0 bridgehead atoms. The first-order valence-corrected chi connectivity index (χ1v) is 7.53. The third kappa shape index (κ3) is 2.54. The molecule has 0 unspecified atom stereocenters. The minimum atomic E-state index is 0.374. The van der Waals surface area contributed by atoms with Gasteiger partial charge in [0.1, 0.15) is 0 Å². The molecule has 104 valence electrons. The van der Waals surface area contributed by atoms with Crippen LogP contribution in [0.25, 0.3) is 11.0 Å². The molecular weight excluding hydrogens is 268 g/mol. The molecule has 0 aliphatic rings. The molecule has 0 saturated heterocycles. The van der Waals surface area contributed by atoms with Crippen LogP contribution in [0.2, 0.25) is 0 Å². The summed E-state index contributed by atoms with van der Waals surface area (Å²) >= 11 is 1.87. The van der Waals surface area contributed by atoms with Crippen LogP contribution in [0.5, 0.6) is 0 Å². The Labute approximate surface area is 122 Å². The maximum Gasteiger partial charge on any atom is 0.159 e. The van der Waals surface area contributed by atoms with E-state index in [0.29, 0.717) is 6.04 Å². The molecule has 0 radical (unpaired) electrons. The molecular formula is C15H18N4S. The maximum atomic E-state index is 4.36. The van der Waals surface area contributed by atoms with Crippen LogP contribution in [0.15, 0.2) is 30.6 Å². The number of hydrogen-bond donors (Lipinski definition) is 1. The molecule has 0 fully saturated rings. The lowest BCUT2D eigenvalue weighted by Crippen LogP contribution is -2.17. The average Bonchev–Trinajstić information content (AvgIpc) is 2.98. The number of nitrogens with one attached hydrogen (secondary N) is 1. The maximum absolute atomic E-state index is 4.36. The van der Waals surface area contributed by atoms with Gasteiger partial charge in [0, 0.05) is 41.1 Å². The Kier molecular flexibility index (Phi) is 3.44. The van der Waals surface area contributed by atoms with Crippen LogP contribution in [0.1, 0.15) is 16.7 Å². The highest BCUT2D eigenvalue weighted by molar-refractivity contribution is 7.11. The minimum absolute atomic E-state index is 0.374. The van der Waals surface area contributed by atoms with E-state index in [4.69, 9.17) is 0 Å². The Morgan fingerprint density at radius 2 is 2.20 bits per heavy atom. The van der Waals surface area contributed by atoms with Crippen LogP contribution in [0.4, 0.5) is 5.69 Å². The number of hydrogen-bond acceptors (Lipinski definition) is 4. The van der Waals surface area contributed by atoms with Crippen molar-refractivity contribution in [3.63, 3.8) is 0 Å². The molecule has 0 saturated carbocycles. The molecule has 3 heterocycles. The Hall–Kier alpha value is -1.88. The Morgan fingerprint density at radius 3 is 2.95 bits per heavy atom. The standard InChI is InChI=1S/C15H18N4S/c1-10(8-12-5-4-11(2)20-12)18-14-6-7-16-15-13(14)9-17-19(15)3/h4-7,9-10H,8H2,1-3H3,(H,16,18)/t10-/m0/s1. The predicted molar refractivity (Wildman–Crippen MR) is 84.4 cm³/mol. The highest BCUT2D eigenvalue weighted by Gasteiger charge is 2.10. The van der Waals surface area contributed by atoms with Crippen LogP contribution in [0, 0.1) is 6.92 Å². The summed E-state index contributed by atoms with van der Waals surface area (Å²) in [5, 5.41) is 8.91. The zero-order valence-electron chi connectivity index (χ0n) is 11.9. The van der Waals surface area contributed by atoms with Gasteiger partial charge in [0.15, 0.2) is 5.65 Å². The minimum Gasteiger partial charge on any atom is -0.382 e. The fourth-order valence-corrected chi connectivity index (χ4v) is 3.40. The first-order chi connectivity index (χ1) is 9.63. The second-order valence-electron chi connectivity index (χ2n) is 5.13. The number of pyridine rings is 1. The van der Waals surface area contributed by atoms with Crippen LogP contribution in [-0.4, -0.2) is 20.8 Å². The van der Waals surface area contributed by atoms with Gasteiger partial charge in [0.2, 0.25) is 0 Å². The molecule has 4 nitrogen and oxygen atoms in total. The molecule has 1 atom stereocenters. The van der Waals surface area contributed by atoms with Gasteiger partial charge in [-0.1, -0.05) is 0 Å². The Morgan fingerprint density at radius 1 is 1.35 bits per heavy atom. The molecule has 3 rings (SSSR count). The lowest BCUT2D eigenvalue weighted by atomic mass is 10.2. The topological polar surface area (TPSA) is 42.7 Å². The quantitative estimate of drug-likeness (QED) is 0.799. The molecule has 0 aliphatic carbocycles. The van der Waals surface area contributed by atoms with E-state index >= 15 is 0 Å². The van der Waals surface area contributed by atoms with E-state index in [1.54, 1.807) is 4.68 Å². The van der Waals surface area contributed by atoms with Gasteiger partial charge in [0.25, 0.3) is 0 Å². The van der Waals surface area contributed by atoms with Gasteiger partial charge in [0.05, 0.1) is 11.6 Å². The summed E-state index contributed by atoms with van der Waals surface area (Å²) in [6, 6.07) is 6.78. The van der Waals surface area contributed by atoms with Gasteiger partial charge >= 0.3 is 0 Å².